The fraction of sp³-hybridized carbons (Fsp3) is 0.667. The summed E-state index contributed by atoms with van der Waals surface area (Å²) in [5.41, 5.74) is 0. The van der Waals surface area contributed by atoms with Crippen LogP contribution in [0.4, 0.5) is 5.82 Å². The molecule has 1 amide bonds. The van der Waals surface area contributed by atoms with Crippen molar-refractivity contribution >= 4 is 11.7 Å². The molecule has 2 saturated carbocycles. The third kappa shape index (κ3) is 3.01. The van der Waals surface area contributed by atoms with Crippen LogP contribution in [0.15, 0.2) is 18.3 Å². The molecule has 5 heteroatoms. The number of aromatic nitrogens is 1. The largest absolute Gasteiger partial charge is 0.485 e. The number of anilines is 1. The van der Waals surface area contributed by atoms with Gasteiger partial charge in [-0.3, -0.25) is 4.79 Å². The average molecular weight is 315 g/mol. The van der Waals surface area contributed by atoms with E-state index in [0.29, 0.717) is 24.3 Å². The molecule has 2 heterocycles. The lowest BCUT2D eigenvalue weighted by Crippen LogP contribution is -2.32. The lowest BCUT2D eigenvalue weighted by Gasteiger charge is -2.20. The van der Waals surface area contributed by atoms with E-state index < -0.39 is 0 Å². The Kier molecular flexibility index (Phi) is 3.66. The van der Waals surface area contributed by atoms with Crippen LogP contribution >= 0.6 is 0 Å². The lowest BCUT2D eigenvalue weighted by atomic mass is 10.2. The van der Waals surface area contributed by atoms with Crippen LogP contribution in [0.3, 0.4) is 0 Å². The van der Waals surface area contributed by atoms with Crippen LogP contribution in [0.25, 0.3) is 0 Å². The van der Waals surface area contributed by atoms with Crippen molar-refractivity contribution in [2.45, 2.75) is 31.8 Å². The van der Waals surface area contributed by atoms with Crippen LogP contribution in [0.2, 0.25) is 0 Å². The zero-order chi connectivity index (χ0) is 16.0. The van der Waals surface area contributed by atoms with Crippen LogP contribution in [0.5, 0.6) is 5.75 Å². The van der Waals surface area contributed by atoms with Crippen molar-refractivity contribution in [1.29, 1.82) is 0 Å². The zero-order valence-corrected chi connectivity index (χ0v) is 13.9. The number of carbonyl (C=O) groups is 1. The topological polar surface area (TPSA) is 45.7 Å². The minimum Gasteiger partial charge on any atom is -0.485 e. The van der Waals surface area contributed by atoms with E-state index in [0.717, 1.165) is 36.9 Å². The first-order valence-electron chi connectivity index (χ1n) is 8.71. The Balaban J connectivity index is 1.35. The van der Waals surface area contributed by atoms with Gasteiger partial charge < -0.3 is 14.5 Å². The van der Waals surface area contributed by atoms with E-state index in [4.69, 9.17) is 4.74 Å². The Morgan fingerprint density at radius 2 is 2.17 bits per heavy atom. The summed E-state index contributed by atoms with van der Waals surface area (Å²) in [6.07, 6.45) is 6.58. The maximum Gasteiger partial charge on any atom is 0.226 e. The molecule has 4 rings (SSSR count). The predicted molar refractivity (Wildman–Crippen MR) is 88.5 cm³/mol. The first-order valence-corrected chi connectivity index (χ1v) is 8.71. The van der Waals surface area contributed by atoms with Gasteiger partial charge in [0.2, 0.25) is 5.91 Å². The molecule has 2 aliphatic carbocycles. The summed E-state index contributed by atoms with van der Waals surface area (Å²) in [6, 6.07) is 3.85. The number of nitrogens with zero attached hydrogens (tertiary/aromatic N) is 3. The van der Waals surface area contributed by atoms with E-state index in [1.54, 1.807) is 6.20 Å². The Morgan fingerprint density at radius 3 is 2.91 bits per heavy atom. The minimum absolute atomic E-state index is 0.0833. The first kappa shape index (κ1) is 14.8. The second-order valence-corrected chi connectivity index (χ2v) is 7.38. The maximum absolute atomic E-state index is 12.6. The molecule has 0 radical (unpaired) electrons. The van der Waals surface area contributed by atoms with E-state index in [1.165, 1.54) is 12.8 Å². The van der Waals surface area contributed by atoms with Gasteiger partial charge in [-0.25, -0.2) is 4.98 Å². The SMILES string of the molecule is CN(C)c1ncccc1O[C@@H]1CCN(C(=O)[C@H]2C[C@H]2C2CC2)C1. The van der Waals surface area contributed by atoms with Gasteiger partial charge in [-0.15, -0.1) is 0 Å². The van der Waals surface area contributed by atoms with E-state index in [9.17, 15) is 4.79 Å². The van der Waals surface area contributed by atoms with Crippen LogP contribution in [-0.4, -0.2) is 49.1 Å². The molecule has 3 aliphatic rings. The summed E-state index contributed by atoms with van der Waals surface area (Å²) in [6.45, 7) is 1.55. The zero-order valence-electron chi connectivity index (χ0n) is 13.9. The molecule has 124 valence electrons. The molecule has 3 atom stereocenters. The predicted octanol–water partition coefficient (Wildman–Crippen LogP) is 2.17. The van der Waals surface area contributed by atoms with Gasteiger partial charge in [-0.1, -0.05) is 0 Å². The number of pyridine rings is 1. The van der Waals surface area contributed by atoms with Gasteiger partial charge in [-0.05, 0) is 43.2 Å². The summed E-state index contributed by atoms with van der Waals surface area (Å²) < 4.78 is 6.14. The highest BCUT2D eigenvalue weighted by Gasteiger charge is 2.52. The van der Waals surface area contributed by atoms with E-state index in [2.05, 4.69) is 4.98 Å². The Hall–Kier alpha value is -1.78. The van der Waals surface area contributed by atoms with Crippen molar-refractivity contribution in [2.75, 3.05) is 32.1 Å². The highest BCUT2D eigenvalue weighted by Crippen LogP contribution is 2.55. The van der Waals surface area contributed by atoms with Crippen molar-refractivity contribution in [3.8, 4) is 5.75 Å². The van der Waals surface area contributed by atoms with Gasteiger partial charge in [0.25, 0.3) is 0 Å². The first-order chi connectivity index (χ1) is 11.1. The van der Waals surface area contributed by atoms with Gasteiger partial charge >= 0.3 is 0 Å². The van der Waals surface area contributed by atoms with Crippen molar-refractivity contribution in [1.82, 2.24) is 9.88 Å². The summed E-state index contributed by atoms with van der Waals surface area (Å²) in [4.78, 5) is 20.9. The molecule has 1 aliphatic heterocycles. The molecule has 0 aromatic carbocycles. The standard InChI is InChI=1S/C18H25N3O2/c1-20(2)17-16(4-3-8-19-17)23-13-7-9-21(11-13)18(22)15-10-14(15)12-5-6-12/h3-4,8,12-15H,5-7,9-11H2,1-2H3/t13-,14+,15+/m1/s1. The number of carbonyl (C=O) groups excluding carboxylic acids is 1. The fourth-order valence-corrected chi connectivity index (χ4v) is 3.79. The van der Waals surface area contributed by atoms with Gasteiger partial charge in [0.15, 0.2) is 11.6 Å². The Labute approximate surface area is 137 Å². The molecule has 0 bridgehead atoms. The van der Waals surface area contributed by atoms with Crippen molar-refractivity contribution in [3.05, 3.63) is 18.3 Å². The van der Waals surface area contributed by atoms with E-state index >= 15 is 0 Å². The molecule has 1 aromatic heterocycles. The normalized spacial score (nSPS) is 29.5. The molecule has 1 aromatic rings. The van der Waals surface area contributed by atoms with E-state index in [1.807, 2.05) is 36.0 Å². The molecule has 23 heavy (non-hydrogen) atoms. The average Bonchev–Trinajstić information content (AvgIpc) is 3.43. The molecule has 5 nitrogen and oxygen atoms in total. The highest BCUT2D eigenvalue weighted by atomic mass is 16.5. The molecule has 3 fully saturated rings. The monoisotopic (exact) mass is 315 g/mol. The molecular weight excluding hydrogens is 290 g/mol. The Bertz CT molecular complexity index is 600. The summed E-state index contributed by atoms with van der Waals surface area (Å²) in [5, 5.41) is 0. The molecular formula is C18H25N3O2. The molecule has 0 unspecified atom stereocenters. The quantitative estimate of drug-likeness (QED) is 0.835. The highest BCUT2D eigenvalue weighted by molar-refractivity contribution is 5.82. The maximum atomic E-state index is 12.6. The number of ether oxygens (including phenoxy) is 1. The Morgan fingerprint density at radius 1 is 1.35 bits per heavy atom. The molecule has 0 spiro atoms. The fourth-order valence-electron chi connectivity index (χ4n) is 3.79. The number of hydrogen-bond donors (Lipinski definition) is 0. The third-order valence-electron chi connectivity index (χ3n) is 5.31. The van der Waals surface area contributed by atoms with Crippen LogP contribution in [-0.2, 0) is 4.79 Å². The van der Waals surface area contributed by atoms with Gasteiger partial charge in [0, 0.05) is 39.2 Å². The second kappa shape index (κ2) is 5.69. The van der Waals surface area contributed by atoms with Gasteiger partial charge in [0.1, 0.15) is 6.10 Å². The number of amides is 1. The third-order valence-corrected chi connectivity index (χ3v) is 5.31. The van der Waals surface area contributed by atoms with E-state index in [-0.39, 0.29) is 6.10 Å². The summed E-state index contributed by atoms with van der Waals surface area (Å²) in [7, 11) is 3.93. The van der Waals surface area contributed by atoms with Crippen molar-refractivity contribution < 1.29 is 9.53 Å². The van der Waals surface area contributed by atoms with Crippen molar-refractivity contribution in [2.24, 2.45) is 17.8 Å². The number of rotatable bonds is 5. The van der Waals surface area contributed by atoms with Crippen LogP contribution in [0.1, 0.15) is 25.7 Å². The summed E-state index contributed by atoms with van der Waals surface area (Å²) >= 11 is 0. The molecule has 0 N–H and O–H groups in total. The number of likely N-dealkylation sites (tertiary alicyclic amines) is 1. The number of hydrogen-bond acceptors (Lipinski definition) is 4. The smallest absolute Gasteiger partial charge is 0.226 e. The second-order valence-electron chi connectivity index (χ2n) is 7.38. The van der Waals surface area contributed by atoms with Crippen molar-refractivity contribution in [3.63, 3.8) is 0 Å². The van der Waals surface area contributed by atoms with Gasteiger partial charge in [-0.2, -0.15) is 0 Å². The summed E-state index contributed by atoms with van der Waals surface area (Å²) in [5.74, 6) is 3.88. The lowest BCUT2D eigenvalue weighted by molar-refractivity contribution is -0.132. The minimum atomic E-state index is 0.0833. The van der Waals surface area contributed by atoms with Crippen LogP contribution in [0, 0.1) is 17.8 Å². The van der Waals surface area contributed by atoms with Crippen LogP contribution < -0.4 is 9.64 Å². The molecule has 1 saturated heterocycles. The van der Waals surface area contributed by atoms with Gasteiger partial charge in [0.05, 0.1) is 6.54 Å².